The Morgan fingerprint density at radius 1 is 1.28 bits per heavy atom. The van der Waals surface area contributed by atoms with Crippen LogP contribution < -0.4 is 5.32 Å². The molecule has 0 fully saturated rings. The Morgan fingerprint density at radius 3 is 2.44 bits per heavy atom. The third-order valence-electron chi connectivity index (χ3n) is 2.36. The fraction of sp³-hybridized carbons (Fsp3) is 0.400. The normalized spacial score (nSPS) is 10.2. The van der Waals surface area contributed by atoms with Crippen molar-refractivity contribution in [3.05, 3.63) is 47.0 Å². The van der Waals surface area contributed by atoms with Gasteiger partial charge in [-0.2, -0.15) is 0 Å². The van der Waals surface area contributed by atoms with Crippen LogP contribution in [0.2, 0.25) is 0 Å². The molecular formula is C15H21NO2. The van der Waals surface area contributed by atoms with E-state index in [0.717, 1.165) is 16.7 Å². The summed E-state index contributed by atoms with van der Waals surface area (Å²) >= 11 is 0. The summed E-state index contributed by atoms with van der Waals surface area (Å²) in [6, 6.07) is 5.82. The second-order valence-electron chi connectivity index (χ2n) is 4.64. The summed E-state index contributed by atoms with van der Waals surface area (Å²) in [7, 11) is 0. The van der Waals surface area contributed by atoms with Crippen molar-refractivity contribution >= 4 is 5.91 Å². The molecule has 0 aliphatic carbocycles. The van der Waals surface area contributed by atoms with Crippen LogP contribution in [0.15, 0.2) is 30.4 Å². The van der Waals surface area contributed by atoms with Gasteiger partial charge in [0.05, 0.1) is 13.2 Å². The average Bonchev–Trinajstić information content (AvgIpc) is 2.26. The number of carbonyl (C=O) groups is 1. The standard InChI is InChI=1S/C15H21NO2/c1-11(2)10-18-6-5-16-15(17)14-8-12(3)7-13(4)9-14/h7-9H,1,5-6,10H2,2-4H3,(H,16,17). The van der Waals surface area contributed by atoms with E-state index in [4.69, 9.17) is 4.74 Å². The molecule has 1 N–H and O–H groups in total. The van der Waals surface area contributed by atoms with E-state index < -0.39 is 0 Å². The van der Waals surface area contributed by atoms with E-state index in [1.165, 1.54) is 0 Å². The van der Waals surface area contributed by atoms with Crippen molar-refractivity contribution in [2.75, 3.05) is 19.8 Å². The summed E-state index contributed by atoms with van der Waals surface area (Å²) in [5.41, 5.74) is 3.88. The molecule has 0 bridgehead atoms. The van der Waals surface area contributed by atoms with Crippen LogP contribution >= 0.6 is 0 Å². The van der Waals surface area contributed by atoms with Gasteiger partial charge in [0.1, 0.15) is 0 Å². The molecule has 0 unspecified atom stereocenters. The van der Waals surface area contributed by atoms with Crippen LogP contribution in [0.5, 0.6) is 0 Å². The third-order valence-corrected chi connectivity index (χ3v) is 2.36. The zero-order valence-electron chi connectivity index (χ0n) is 11.4. The van der Waals surface area contributed by atoms with Crippen molar-refractivity contribution in [3.8, 4) is 0 Å². The first-order valence-corrected chi connectivity index (χ1v) is 6.07. The largest absolute Gasteiger partial charge is 0.375 e. The first-order chi connectivity index (χ1) is 8.49. The highest BCUT2D eigenvalue weighted by atomic mass is 16.5. The van der Waals surface area contributed by atoms with Crippen molar-refractivity contribution in [1.82, 2.24) is 5.32 Å². The number of nitrogens with one attached hydrogen (secondary N) is 1. The summed E-state index contributed by atoms with van der Waals surface area (Å²) in [5.74, 6) is -0.0549. The Bertz CT molecular complexity index is 418. The molecule has 0 atom stereocenters. The van der Waals surface area contributed by atoms with Gasteiger partial charge in [-0.25, -0.2) is 0 Å². The third kappa shape index (κ3) is 5.15. The smallest absolute Gasteiger partial charge is 0.251 e. The topological polar surface area (TPSA) is 38.3 Å². The summed E-state index contributed by atoms with van der Waals surface area (Å²) in [6.07, 6.45) is 0. The number of ether oxygens (including phenoxy) is 1. The van der Waals surface area contributed by atoms with E-state index >= 15 is 0 Å². The molecule has 1 aromatic rings. The van der Waals surface area contributed by atoms with Crippen molar-refractivity contribution in [2.24, 2.45) is 0 Å². The average molecular weight is 247 g/mol. The highest BCUT2D eigenvalue weighted by molar-refractivity contribution is 5.94. The highest BCUT2D eigenvalue weighted by Crippen LogP contribution is 2.08. The molecule has 1 rings (SSSR count). The molecule has 0 aliphatic heterocycles. The number of carbonyl (C=O) groups excluding carboxylic acids is 1. The molecule has 98 valence electrons. The fourth-order valence-corrected chi connectivity index (χ4v) is 1.69. The van der Waals surface area contributed by atoms with Crippen molar-refractivity contribution in [3.63, 3.8) is 0 Å². The van der Waals surface area contributed by atoms with Crippen LogP contribution in [0.3, 0.4) is 0 Å². The minimum atomic E-state index is -0.0549. The van der Waals surface area contributed by atoms with Gasteiger partial charge < -0.3 is 10.1 Å². The molecule has 0 aromatic heterocycles. The quantitative estimate of drug-likeness (QED) is 0.620. The molecule has 3 heteroatoms. The Labute approximate surface area is 109 Å². The number of amides is 1. The summed E-state index contributed by atoms with van der Waals surface area (Å²) < 4.78 is 5.31. The van der Waals surface area contributed by atoms with Gasteiger partial charge in [0.2, 0.25) is 0 Å². The first kappa shape index (κ1) is 14.5. The van der Waals surface area contributed by atoms with Crippen LogP contribution in [0.4, 0.5) is 0 Å². The van der Waals surface area contributed by atoms with E-state index in [1.807, 2.05) is 39.0 Å². The maximum absolute atomic E-state index is 11.9. The minimum absolute atomic E-state index is 0.0549. The van der Waals surface area contributed by atoms with Gasteiger partial charge in [0.15, 0.2) is 0 Å². The molecule has 0 radical (unpaired) electrons. The summed E-state index contributed by atoms with van der Waals surface area (Å²) in [4.78, 5) is 11.9. The number of rotatable bonds is 6. The number of aryl methyl sites for hydroxylation is 2. The molecule has 0 heterocycles. The molecule has 1 amide bonds. The highest BCUT2D eigenvalue weighted by Gasteiger charge is 2.05. The SMILES string of the molecule is C=C(C)COCCNC(=O)c1cc(C)cc(C)c1. The number of hydrogen-bond donors (Lipinski definition) is 1. The predicted molar refractivity (Wildman–Crippen MR) is 73.9 cm³/mol. The maximum atomic E-state index is 11.9. The molecule has 0 saturated heterocycles. The lowest BCUT2D eigenvalue weighted by atomic mass is 10.1. The molecule has 1 aromatic carbocycles. The van der Waals surface area contributed by atoms with Crippen LogP contribution in [-0.4, -0.2) is 25.7 Å². The van der Waals surface area contributed by atoms with E-state index in [1.54, 1.807) is 0 Å². The van der Waals surface area contributed by atoms with Gasteiger partial charge in [-0.1, -0.05) is 29.3 Å². The number of benzene rings is 1. The van der Waals surface area contributed by atoms with E-state index in [-0.39, 0.29) is 5.91 Å². The van der Waals surface area contributed by atoms with Crippen LogP contribution in [-0.2, 0) is 4.74 Å². The van der Waals surface area contributed by atoms with Crippen molar-refractivity contribution in [1.29, 1.82) is 0 Å². The fourth-order valence-electron chi connectivity index (χ4n) is 1.69. The lowest BCUT2D eigenvalue weighted by Gasteiger charge is -2.07. The number of hydrogen-bond acceptors (Lipinski definition) is 2. The summed E-state index contributed by atoms with van der Waals surface area (Å²) in [5, 5.41) is 2.83. The Kier molecular flexibility index (Phi) is 5.59. The summed E-state index contributed by atoms with van der Waals surface area (Å²) in [6.45, 7) is 11.2. The minimum Gasteiger partial charge on any atom is -0.375 e. The van der Waals surface area contributed by atoms with Gasteiger partial charge in [0, 0.05) is 12.1 Å². The monoisotopic (exact) mass is 247 g/mol. The van der Waals surface area contributed by atoms with Crippen molar-refractivity contribution < 1.29 is 9.53 Å². The van der Waals surface area contributed by atoms with Crippen molar-refractivity contribution in [2.45, 2.75) is 20.8 Å². The second-order valence-corrected chi connectivity index (χ2v) is 4.64. The molecule has 0 aliphatic rings. The Morgan fingerprint density at radius 2 is 1.89 bits per heavy atom. The first-order valence-electron chi connectivity index (χ1n) is 6.07. The van der Waals surface area contributed by atoms with Crippen LogP contribution in [0.1, 0.15) is 28.4 Å². The van der Waals surface area contributed by atoms with E-state index in [2.05, 4.69) is 11.9 Å². The van der Waals surface area contributed by atoms with Gasteiger partial charge in [-0.05, 0) is 32.9 Å². The lowest BCUT2D eigenvalue weighted by Crippen LogP contribution is -2.27. The van der Waals surface area contributed by atoms with Crippen LogP contribution in [0.25, 0.3) is 0 Å². The second kappa shape index (κ2) is 6.97. The molecular weight excluding hydrogens is 226 g/mol. The molecule has 0 saturated carbocycles. The van der Waals surface area contributed by atoms with Gasteiger partial charge in [-0.3, -0.25) is 4.79 Å². The Hall–Kier alpha value is -1.61. The van der Waals surface area contributed by atoms with Gasteiger partial charge in [-0.15, -0.1) is 0 Å². The molecule has 18 heavy (non-hydrogen) atoms. The zero-order chi connectivity index (χ0) is 13.5. The van der Waals surface area contributed by atoms with E-state index in [0.29, 0.717) is 25.3 Å². The predicted octanol–water partition coefficient (Wildman–Crippen LogP) is 2.63. The maximum Gasteiger partial charge on any atom is 0.251 e. The van der Waals surface area contributed by atoms with E-state index in [9.17, 15) is 4.79 Å². The molecule has 0 spiro atoms. The zero-order valence-corrected chi connectivity index (χ0v) is 11.4. The Balaban J connectivity index is 2.38. The van der Waals surface area contributed by atoms with Crippen LogP contribution in [0, 0.1) is 13.8 Å². The van der Waals surface area contributed by atoms with Gasteiger partial charge >= 0.3 is 0 Å². The lowest BCUT2D eigenvalue weighted by molar-refractivity contribution is 0.0926. The molecule has 3 nitrogen and oxygen atoms in total. The van der Waals surface area contributed by atoms with Gasteiger partial charge in [0.25, 0.3) is 5.91 Å².